The van der Waals surface area contributed by atoms with E-state index < -0.39 is 7.92 Å². The molecule has 5 nitrogen and oxygen atoms in total. The molecule has 0 unspecified atom stereocenters. The molecule has 0 fully saturated rings. The Balaban J connectivity index is -0.000000367. The van der Waals surface area contributed by atoms with Gasteiger partial charge in [0.05, 0.1) is 0 Å². The van der Waals surface area contributed by atoms with Gasteiger partial charge in [0, 0.05) is 19.5 Å². The third-order valence-electron chi connectivity index (χ3n) is 3.04. The van der Waals surface area contributed by atoms with Gasteiger partial charge in [0.1, 0.15) is 0 Å². The van der Waals surface area contributed by atoms with Crippen LogP contribution in [0.25, 0.3) is 0 Å². The molecular formula is C18H28N3O2PRu. The van der Waals surface area contributed by atoms with E-state index in [2.05, 4.69) is 91.0 Å². The molecule has 0 aliphatic heterocycles. The van der Waals surface area contributed by atoms with E-state index in [0.717, 1.165) is 0 Å². The van der Waals surface area contributed by atoms with Crippen LogP contribution in [-0.4, -0.2) is 11.0 Å². The second-order valence-corrected chi connectivity index (χ2v) is 6.56. The first kappa shape index (κ1) is 31.3. The van der Waals surface area contributed by atoms with Gasteiger partial charge in [-0.2, -0.15) is 0 Å². The van der Waals surface area contributed by atoms with Crippen LogP contribution in [0.15, 0.2) is 91.0 Å². The minimum atomic E-state index is -0.446. The summed E-state index contributed by atoms with van der Waals surface area (Å²) in [6.07, 6.45) is 0. The molecule has 0 spiro atoms. The maximum absolute atomic E-state index is 2.23. The van der Waals surface area contributed by atoms with Crippen molar-refractivity contribution in [3.63, 3.8) is 0 Å². The van der Waals surface area contributed by atoms with Gasteiger partial charge in [-0.1, -0.05) is 91.0 Å². The third-order valence-corrected chi connectivity index (χ3v) is 5.49. The predicted molar refractivity (Wildman–Crippen MR) is 107 cm³/mol. The fourth-order valence-corrected chi connectivity index (χ4v) is 4.48. The van der Waals surface area contributed by atoms with Crippen LogP contribution in [0, 0.1) is 0 Å². The maximum atomic E-state index is 2.23. The van der Waals surface area contributed by atoms with Gasteiger partial charge in [-0.3, -0.25) is 0 Å². The van der Waals surface area contributed by atoms with Crippen molar-refractivity contribution in [2.24, 2.45) is 0 Å². The molecule has 0 saturated heterocycles. The molecular weight excluding hydrogens is 422 g/mol. The summed E-state index contributed by atoms with van der Waals surface area (Å²) in [4.78, 5) is 0. The molecule has 7 heteroatoms. The van der Waals surface area contributed by atoms with Crippen molar-refractivity contribution < 1.29 is 30.4 Å². The summed E-state index contributed by atoms with van der Waals surface area (Å²) in [5.41, 5.74) is 0. The van der Waals surface area contributed by atoms with Gasteiger partial charge < -0.3 is 29.4 Å². The van der Waals surface area contributed by atoms with E-state index in [4.69, 9.17) is 0 Å². The van der Waals surface area contributed by atoms with E-state index in [0.29, 0.717) is 0 Å². The van der Waals surface area contributed by atoms with Crippen LogP contribution in [0.4, 0.5) is 0 Å². The largest absolute Gasteiger partial charge is 0.412 e. The van der Waals surface area contributed by atoms with Crippen LogP contribution in [0.2, 0.25) is 0 Å². The SMILES string of the molecule is N.N.N.O.O.[Ru].c1ccc(P(c2ccccc2)c2ccccc2)cc1. The molecule has 25 heavy (non-hydrogen) atoms. The molecule has 0 heterocycles. The van der Waals surface area contributed by atoms with Crippen LogP contribution in [-0.2, 0) is 19.5 Å². The Hall–Kier alpha value is -1.49. The number of benzene rings is 3. The average molecular weight is 450 g/mol. The molecule has 0 aromatic heterocycles. The summed E-state index contributed by atoms with van der Waals surface area (Å²) >= 11 is 0. The topological polar surface area (TPSA) is 168 Å². The molecule has 3 rings (SSSR count). The van der Waals surface area contributed by atoms with Crippen molar-refractivity contribution >= 4 is 23.8 Å². The normalized spacial score (nSPS) is 8.04. The Morgan fingerprint density at radius 3 is 0.800 bits per heavy atom. The second kappa shape index (κ2) is 16.0. The van der Waals surface area contributed by atoms with E-state index in [1.165, 1.54) is 15.9 Å². The number of hydrogen-bond acceptors (Lipinski definition) is 3. The Labute approximate surface area is 163 Å². The van der Waals surface area contributed by atoms with Gasteiger partial charge in [0.2, 0.25) is 0 Å². The first-order chi connectivity index (χ1) is 9.45. The molecule has 0 amide bonds. The smallest absolute Gasteiger partial charge is 0 e. The van der Waals surface area contributed by atoms with E-state index in [1.54, 1.807) is 0 Å². The van der Waals surface area contributed by atoms with Crippen molar-refractivity contribution in [2.45, 2.75) is 0 Å². The quantitative estimate of drug-likeness (QED) is 0.412. The zero-order chi connectivity index (χ0) is 12.9. The molecule has 0 aliphatic carbocycles. The predicted octanol–water partition coefficient (Wildman–Crippen LogP) is 2.28. The Morgan fingerprint density at radius 2 is 0.600 bits per heavy atom. The fourth-order valence-electron chi connectivity index (χ4n) is 2.18. The van der Waals surface area contributed by atoms with Gasteiger partial charge >= 0.3 is 0 Å². The molecule has 140 valence electrons. The van der Waals surface area contributed by atoms with Crippen molar-refractivity contribution in [1.82, 2.24) is 18.5 Å². The number of rotatable bonds is 3. The average Bonchev–Trinajstić information content (AvgIpc) is 2.51. The first-order valence-electron chi connectivity index (χ1n) is 6.40. The third kappa shape index (κ3) is 7.95. The Morgan fingerprint density at radius 1 is 0.400 bits per heavy atom. The minimum Gasteiger partial charge on any atom is -0.412 e. The second-order valence-electron chi connectivity index (χ2n) is 4.34. The summed E-state index contributed by atoms with van der Waals surface area (Å²) in [5, 5.41) is 4.19. The molecule has 0 aliphatic rings. The molecule has 13 N–H and O–H groups in total. The van der Waals surface area contributed by atoms with Crippen molar-refractivity contribution in [1.29, 1.82) is 0 Å². The molecule has 3 aromatic carbocycles. The van der Waals surface area contributed by atoms with Crippen LogP contribution < -0.4 is 34.4 Å². The van der Waals surface area contributed by atoms with Gasteiger partial charge in [0.15, 0.2) is 0 Å². The molecule has 0 atom stereocenters. The van der Waals surface area contributed by atoms with Gasteiger partial charge in [-0.05, 0) is 23.8 Å². The summed E-state index contributed by atoms with van der Waals surface area (Å²) < 4.78 is 0. The zero-order valence-corrected chi connectivity index (χ0v) is 16.7. The van der Waals surface area contributed by atoms with Gasteiger partial charge in [-0.15, -0.1) is 0 Å². The van der Waals surface area contributed by atoms with Crippen LogP contribution in [0.5, 0.6) is 0 Å². The molecule has 3 aromatic rings. The molecule has 0 radical (unpaired) electrons. The van der Waals surface area contributed by atoms with Crippen molar-refractivity contribution in [2.75, 3.05) is 0 Å². The summed E-state index contributed by atoms with van der Waals surface area (Å²) in [5.74, 6) is 0. The molecule has 0 bridgehead atoms. The fraction of sp³-hybridized carbons (Fsp3) is 0. The van der Waals surface area contributed by atoms with E-state index in [9.17, 15) is 0 Å². The summed E-state index contributed by atoms with van der Waals surface area (Å²) in [6.45, 7) is 0. The molecule has 0 saturated carbocycles. The minimum absolute atomic E-state index is 0. The Kier molecular flexibility index (Phi) is 20.0. The van der Waals surface area contributed by atoms with E-state index >= 15 is 0 Å². The Bertz CT molecular complexity index is 552. The van der Waals surface area contributed by atoms with Crippen molar-refractivity contribution in [3.8, 4) is 0 Å². The standard InChI is InChI=1S/C18H15P.3H3N.2H2O.Ru/c1-4-10-16(11-5-1)19(17-12-6-2-7-13-17)18-14-8-3-9-15-18;;;;;;/h1-15H;3*1H3;2*1H2;. The van der Waals surface area contributed by atoms with Crippen LogP contribution >= 0.6 is 7.92 Å². The van der Waals surface area contributed by atoms with Gasteiger partial charge in [0.25, 0.3) is 0 Å². The van der Waals surface area contributed by atoms with Crippen LogP contribution in [0.3, 0.4) is 0 Å². The van der Waals surface area contributed by atoms with Crippen LogP contribution in [0.1, 0.15) is 0 Å². The summed E-state index contributed by atoms with van der Waals surface area (Å²) in [6, 6.07) is 32.3. The van der Waals surface area contributed by atoms with E-state index in [-0.39, 0.29) is 48.9 Å². The monoisotopic (exact) mass is 451 g/mol. The number of hydrogen-bond donors (Lipinski definition) is 3. The van der Waals surface area contributed by atoms with Crippen molar-refractivity contribution in [3.05, 3.63) is 91.0 Å². The van der Waals surface area contributed by atoms with E-state index in [1.807, 2.05) is 0 Å². The first-order valence-corrected chi connectivity index (χ1v) is 7.74. The zero-order valence-electron chi connectivity index (χ0n) is 14.1. The van der Waals surface area contributed by atoms with Gasteiger partial charge in [-0.25, -0.2) is 0 Å². The maximum Gasteiger partial charge on any atom is 0 e. The summed E-state index contributed by atoms with van der Waals surface area (Å²) in [7, 11) is -0.446.